The molecule has 1 heterocycles. The van der Waals surface area contributed by atoms with Gasteiger partial charge in [0.05, 0.1) is 18.2 Å². The Hall–Kier alpha value is -5.16. The molecular weight excluding hydrogens is 757 g/mol. The Bertz CT molecular complexity index is 2160. The zero-order valence-corrected chi connectivity index (χ0v) is 35.4. The van der Waals surface area contributed by atoms with Gasteiger partial charge in [0.15, 0.2) is 0 Å². The SMILES string of the molecule is C=CCO[C@@]12Oc3ccc(Oc4ccc5ccccc5c4)cc3[C@H]3[C@H](CCCCO)[C@@H](CCCCO)C=C(C(=NOC(C)(C)C)C[C@@H]1N(C)C(=O)OCc1ccccc1)[C@H]32. The van der Waals surface area contributed by atoms with Crippen LogP contribution < -0.4 is 9.47 Å². The smallest absolute Gasteiger partial charge is 0.410 e. The first-order chi connectivity index (χ1) is 29.0. The zero-order valence-electron chi connectivity index (χ0n) is 35.4. The van der Waals surface area contributed by atoms with Gasteiger partial charge in [0.25, 0.3) is 0 Å². The molecule has 60 heavy (non-hydrogen) atoms. The summed E-state index contributed by atoms with van der Waals surface area (Å²) in [6.07, 6.45) is 8.51. The maximum Gasteiger partial charge on any atom is 0.410 e. The van der Waals surface area contributed by atoms with Crippen molar-refractivity contribution >= 4 is 22.6 Å². The molecule has 6 atom stereocenters. The number of hydrogen-bond donors (Lipinski definition) is 2. The molecule has 0 spiro atoms. The van der Waals surface area contributed by atoms with Gasteiger partial charge in [-0.3, -0.25) is 0 Å². The van der Waals surface area contributed by atoms with E-state index in [0.717, 1.165) is 64.6 Å². The summed E-state index contributed by atoms with van der Waals surface area (Å²) >= 11 is 0. The molecule has 0 unspecified atom stereocenters. The number of rotatable bonds is 17. The average molecular weight is 817 g/mol. The van der Waals surface area contributed by atoms with E-state index in [1.165, 1.54) is 0 Å². The first kappa shape index (κ1) is 42.9. The van der Waals surface area contributed by atoms with Crippen LogP contribution in [0.25, 0.3) is 10.8 Å². The molecule has 2 aliphatic carbocycles. The van der Waals surface area contributed by atoms with E-state index in [4.69, 9.17) is 28.9 Å². The number of carbonyl (C=O) groups is 1. The number of benzene rings is 4. The molecule has 1 amide bonds. The topological polar surface area (TPSA) is 119 Å². The molecule has 10 heteroatoms. The number of likely N-dealkylation sites (N-methyl/N-ethyl adjacent to an activating group) is 1. The number of allylic oxidation sites excluding steroid dienone is 1. The van der Waals surface area contributed by atoms with Crippen molar-refractivity contribution in [3.63, 3.8) is 0 Å². The summed E-state index contributed by atoms with van der Waals surface area (Å²) in [6.45, 7) is 10.4. The number of nitrogens with zero attached hydrogens (tertiary/aromatic N) is 2. The highest BCUT2D eigenvalue weighted by molar-refractivity contribution is 6.03. The molecule has 4 aromatic rings. The number of unbranched alkanes of at least 4 members (excludes halogenated alkanes) is 2. The van der Waals surface area contributed by atoms with Crippen LogP contribution in [0, 0.1) is 17.8 Å². The monoisotopic (exact) mass is 816 g/mol. The number of carbonyl (C=O) groups excluding carboxylic acids is 1. The van der Waals surface area contributed by atoms with Crippen LogP contribution in [0.2, 0.25) is 0 Å². The van der Waals surface area contributed by atoms with Crippen molar-refractivity contribution < 1.29 is 38.8 Å². The number of oxime groups is 1. The highest BCUT2D eigenvalue weighted by atomic mass is 16.7. The molecule has 1 saturated carbocycles. The van der Waals surface area contributed by atoms with Crippen LogP contribution in [0.1, 0.15) is 82.8 Å². The number of amides is 1. The predicted molar refractivity (Wildman–Crippen MR) is 234 cm³/mol. The van der Waals surface area contributed by atoms with Gasteiger partial charge < -0.3 is 38.9 Å². The molecule has 0 saturated heterocycles. The summed E-state index contributed by atoms with van der Waals surface area (Å²) in [6, 6.07) is 29.2. The third-order valence-corrected chi connectivity index (χ3v) is 12.0. The van der Waals surface area contributed by atoms with E-state index in [1.807, 2.05) is 87.5 Å². The summed E-state index contributed by atoms with van der Waals surface area (Å²) in [5.41, 5.74) is 2.97. The second-order valence-corrected chi connectivity index (χ2v) is 17.2. The molecule has 3 aliphatic rings. The number of aliphatic hydroxyl groups excluding tert-OH is 2. The molecule has 7 rings (SSSR count). The molecule has 10 nitrogen and oxygen atoms in total. The van der Waals surface area contributed by atoms with Crippen molar-refractivity contribution in [2.75, 3.05) is 26.9 Å². The lowest BCUT2D eigenvalue weighted by atomic mass is 9.55. The Morgan fingerprint density at radius 3 is 2.35 bits per heavy atom. The largest absolute Gasteiger partial charge is 0.459 e. The maximum absolute atomic E-state index is 14.2. The van der Waals surface area contributed by atoms with Crippen molar-refractivity contribution in [1.29, 1.82) is 0 Å². The van der Waals surface area contributed by atoms with Crippen molar-refractivity contribution in [1.82, 2.24) is 4.90 Å². The third-order valence-electron chi connectivity index (χ3n) is 12.0. The molecule has 318 valence electrons. The lowest BCUT2D eigenvalue weighted by Crippen LogP contribution is -2.69. The fraction of sp³-hybridized carbons (Fsp3) is 0.440. The molecule has 1 aliphatic heterocycles. The molecule has 0 aromatic heterocycles. The maximum atomic E-state index is 14.2. The van der Waals surface area contributed by atoms with E-state index >= 15 is 0 Å². The van der Waals surface area contributed by atoms with Gasteiger partial charge in [0.2, 0.25) is 5.79 Å². The summed E-state index contributed by atoms with van der Waals surface area (Å²) in [5, 5.41) is 26.9. The van der Waals surface area contributed by atoms with E-state index in [-0.39, 0.29) is 50.6 Å². The number of hydrogen-bond acceptors (Lipinski definition) is 9. The van der Waals surface area contributed by atoms with Crippen LogP contribution >= 0.6 is 0 Å². The Balaban J connectivity index is 1.39. The van der Waals surface area contributed by atoms with Gasteiger partial charge in [-0.15, -0.1) is 6.58 Å². The lowest BCUT2D eigenvalue weighted by molar-refractivity contribution is -0.253. The predicted octanol–water partition coefficient (Wildman–Crippen LogP) is 10.3. The van der Waals surface area contributed by atoms with E-state index < -0.39 is 29.4 Å². The molecule has 0 radical (unpaired) electrons. The van der Waals surface area contributed by atoms with Crippen LogP contribution in [0.5, 0.6) is 17.2 Å². The highest BCUT2D eigenvalue weighted by Crippen LogP contribution is 2.62. The quantitative estimate of drug-likeness (QED) is 0.0614. The minimum Gasteiger partial charge on any atom is -0.459 e. The van der Waals surface area contributed by atoms with Gasteiger partial charge in [-0.1, -0.05) is 90.8 Å². The summed E-state index contributed by atoms with van der Waals surface area (Å²) in [4.78, 5) is 22.0. The van der Waals surface area contributed by atoms with Gasteiger partial charge in [-0.25, -0.2) is 4.79 Å². The van der Waals surface area contributed by atoms with Crippen LogP contribution in [-0.4, -0.2) is 71.2 Å². The first-order valence-corrected chi connectivity index (χ1v) is 21.4. The van der Waals surface area contributed by atoms with Crippen LogP contribution in [0.3, 0.4) is 0 Å². The van der Waals surface area contributed by atoms with Gasteiger partial charge in [-0.05, 0) is 111 Å². The number of fused-ring (bicyclic) bond motifs is 3. The summed E-state index contributed by atoms with van der Waals surface area (Å²) in [7, 11) is 1.74. The summed E-state index contributed by atoms with van der Waals surface area (Å²) < 4.78 is 26.9. The lowest BCUT2D eigenvalue weighted by Gasteiger charge is -2.59. The fourth-order valence-electron chi connectivity index (χ4n) is 9.30. The number of aliphatic hydroxyl groups is 2. The second-order valence-electron chi connectivity index (χ2n) is 17.2. The van der Waals surface area contributed by atoms with E-state index in [1.54, 1.807) is 18.0 Å². The molecular formula is C50H60N2O8. The van der Waals surface area contributed by atoms with E-state index in [0.29, 0.717) is 24.3 Å². The van der Waals surface area contributed by atoms with Crippen LogP contribution in [0.15, 0.2) is 120 Å². The fourth-order valence-corrected chi connectivity index (χ4v) is 9.30. The van der Waals surface area contributed by atoms with Crippen LogP contribution in [-0.2, 0) is 20.9 Å². The van der Waals surface area contributed by atoms with Crippen molar-refractivity contribution in [3.8, 4) is 17.2 Å². The van der Waals surface area contributed by atoms with Gasteiger partial charge in [-0.2, -0.15) is 0 Å². The normalized spacial score (nSPS) is 23.8. The molecule has 2 N–H and O–H groups in total. The molecule has 1 fully saturated rings. The minimum atomic E-state index is -1.38. The Morgan fingerprint density at radius 1 is 0.917 bits per heavy atom. The third kappa shape index (κ3) is 9.41. The van der Waals surface area contributed by atoms with E-state index in [9.17, 15) is 15.0 Å². The van der Waals surface area contributed by atoms with Crippen LogP contribution in [0.4, 0.5) is 4.79 Å². The van der Waals surface area contributed by atoms with Crippen molar-refractivity contribution in [2.45, 2.75) is 95.7 Å². The van der Waals surface area contributed by atoms with E-state index in [2.05, 4.69) is 36.9 Å². The Morgan fingerprint density at radius 2 is 1.62 bits per heavy atom. The molecule has 0 bridgehead atoms. The second kappa shape index (κ2) is 19.0. The highest BCUT2D eigenvalue weighted by Gasteiger charge is 2.65. The zero-order chi connectivity index (χ0) is 42.3. The van der Waals surface area contributed by atoms with Gasteiger partial charge >= 0.3 is 6.09 Å². The first-order valence-electron chi connectivity index (χ1n) is 21.4. The number of ether oxygens (including phenoxy) is 4. The Kier molecular flexibility index (Phi) is 13.6. The minimum absolute atomic E-state index is 0.0770. The Labute approximate surface area is 354 Å². The van der Waals surface area contributed by atoms with Gasteiger partial charge in [0, 0.05) is 38.2 Å². The average Bonchev–Trinajstić information content (AvgIpc) is 3.25. The standard InChI is InChI=1S/C50H60N2O8/c1-6-28-57-50-45(52(5)48(55)56-33-34-16-8-7-9-17-34)32-43(51-60-49(2,3)4)41-30-37(20-12-14-26-53)40(21-13-15-27-54)46(47(41)50)42-31-39(24-25-44(42)59-50)58-38-23-22-35-18-10-11-19-36(35)29-38/h6-11,16-19,22-25,29-31,37,40,45-47,53-54H,1,12-15,20-21,26-28,32-33H2,2-5H3/t37-,40+,45-,46+,47+,50+/m0/s1. The van der Waals surface area contributed by atoms with Crippen molar-refractivity contribution in [2.24, 2.45) is 22.9 Å². The van der Waals surface area contributed by atoms with Gasteiger partial charge in [0.1, 0.15) is 35.5 Å². The molecule has 4 aromatic carbocycles. The summed E-state index contributed by atoms with van der Waals surface area (Å²) in [5.74, 6) is 0.210. The van der Waals surface area contributed by atoms with Crippen molar-refractivity contribution in [3.05, 3.63) is 126 Å².